The van der Waals surface area contributed by atoms with Crippen LogP contribution in [0.15, 0.2) is 48.5 Å². The van der Waals surface area contributed by atoms with Gasteiger partial charge in [-0.2, -0.15) is 0 Å². The van der Waals surface area contributed by atoms with Crippen LogP contribution in [0.2, 0.25) is 5.02 Å². The third-order valence-corrected chi connectivity index (χ3v) is 4.75. The van der Waals surface area contributed by atoms with Crippen molar-refractivity contribution >= 4 is 17.5 Å². The van der Waals surface area contributed by atoms with E-state index in [1.807, 2.05) is 29.2 Å². The molecule has 24 heavy (non-hydrogen) atoms. The Kier molecular flexibility index (Phi) is 5.48. The van der Waals surface area contributed by atoms with Gasteiger partial charge in [0.1, 0.15) is 5.82 Å². The molecule has 2 aromatic carbocycles. The van der Waals surface area contributed by atoms with Gasteiger partial charge in [-0.1, -0.05) is 48.0 Å². The third-order valence-electron chi connectivity index (χ3n) is 4.38. The fourth-order valence-electron chi connectivity index (χ4n) is 2.94. The zero-order valence-corrected chi connectivity index (χ0v) is 14.2. The average Bonchev–Trinajstić information content (AvgIpc) is 2.59. The van der Waals surface area contributed by atoms with Gasteiger partial charge in [-0.3, -0.25) is 9.69 Å². The molecule has 1 heterocycles. The van der Waals surface area contributed by atoms with Gasteiger partial charge in [-0.15, -0.1) is 0 Å². The summed E-state index contributed by atoms with van der Waals surface area (Å²) in [4.78, 5) is 16.5. The lowest BCUT2D eigenvalue weighted by Crippen LogP contribution is -2.48. The first kappa shape index (κ1) is 16.9. The van der Waals surface area contributed by atoms with E-state index in [0.29, 0.717) is 18.7 Å². The lowest BCUT2D eigenvalue weighted by molar-refractivity contribution is -0.132. The number of nitrogens with zero attached hydrogens (tertiary/aromatic N) is 2. The molecule has 1 fully saturated rings. The van der Waals surface area contributed by atoms with E-state index in [-0.39, 0.29) is 18.1 Å². The lowest BCUT2D eigenvalue weighted by atomic mass is 10.1. The Morgan fingerprint density at radius 1 is 0.958 bits per heavy atom. The Hall–Kier alpha value is -1.91. The summed E-state index contributed by atoms with van der Waals surface area (Å²) < 4.78 is 13.7. The van der Waals surface area contributed by atoms with E-state index in [1.54, 1.807) is 18.2 Å². The fourth-order valence-corrected chi connectivity index (χ4v) is 3.13. The zero-order chi connectivity index (χ0) is 16.9. The van der Waals surface area contributed by atoms with E-state index in [1.165, 1.54) is 6.07 Å². The number of carbonyl (C=O) groups excluding carboxylic acids is 1. The second-order valence-corrected chi connectivity index (χ2v) is 6.42. The predicted molar refractivity (Wildman–Crippen MR) is 93.4 cm³/mol. The minimum atomic E-state index is -0.316. The Morgan fingerprint density at radius 3 is 2.25 bits per heavy atom. The van der Waals surface area contributed by atoms with Gasteiger partial charge in [-0.05, 0) is 23.3 Å². The van der Waals surface area contributed by atoms with Crippen molar-refractivity contribution in [2.24, 2.45) is 0 Å². The number of halogens is 2. The van der Waals surface area contributed by atoms with Crippen molar-refractivity contribution in [2.75, 3.05) is 26.2 Å². The van der Waals surface area contributed by atoms with Crippen molar-refractivity contribution in [3.8, 4) is 0 Å². The fraction of sp³-hybridized carbons (Fsp3) is 0.316. The molecular formula is C19H20ClFN2O. The standard InChI is InChI=1S/C19H20ClFN2O/c20-17-7-3-1-6-16(17)14-22-9-11-23(12-10-22)19(24)13-15-5-2-4-8-18(15)21/h1-8H,9-14H2. The summed E-state index contributed by atoms with van der Waals surface area (Å²) in [7, 11) is 0. The molecule has 3 rings (SSSR count). The largest absolute Gasteiger partial charge is 0.340 e. The molecule has 1 aliphatic rings. The van der Waals surface area contributed by atoms with Gasteiger partial charge >= 0.3 is 0 Å². The Labute approximate surface area is 146 Å². The number of hydrogen-bond donors (Lipinski definition) is 0. The maximum Gasteiger partial charge on any atom is 0.227 e. The molecule has 1 saturated heterocycles. The Bertz CT molecular complexity index is 714. The van der Waals surface area contributed by atoms with Crippen LogP contribution in [0.4, 0.5) is 4.39 Å². The molecule has 0 aliphatic carbocycles. The van der Waals surface area contributed by atoms with Crippen molar-refractivity contribution < 1.29 is 9.18 Å². The van der Waals surface area contributed by atoms with Gasteiger partial charge in [0.25, 0.3) is 0 Å². The number of rotatable bonds is 4. The molecular weight excluding hydrogens is 327 g/mol. The van der Waals surface area contributed by atoms with Crippen LogP contribution in [-0.2, 0) is 17.8 Å². The first-order valence-corrected chi connectivity index (χ1v) is 8.48. The highest BCUT2D eigenvalue weighted by molar-refractivity contribution is 6.31. The summed E-state index contributed by atoms with van der Waals surface area (Å²) in [5.74, 6) is -0.333. The average molecular weight is 347 g/mol. The summed E-state index contributed by atoms with van der Waals surface area (Å²) in [5, 5.41) is 0.774. The lowest BCUT2D eigenvalue weighted by Gasteiger charge is -2.35. The summed E-state index contributed by atoms with van der Waals surface area (Å²) in [6.07, 6.45) is 0.122. The minimum Gasteiger partial charge on any atom is -0.340 e. The smallest absolute Gasteiger partial charge is 0.227 e. The van der Waals surface area contributed by atoms with Crippen molar-refractivity contribution in [2.45, 2.75) is 13.0 Å². The highest BCUT2D eigenvalue weighted by Crippen LogP contribution is 2.18. The summed E-state index contributed by atoms with van der Waals surface area (Å²) in [6, 6.07) is 14.3. The zero-order valence-electron chi connectivity index (χ0n) is 13.4. The molecule has 0 bridgehead atoms. The highest BCUT2D eigenvalue weighted by Gasteiger charge is 2.22. The van der Waals surface area contributed by atoms with Gasteiger partial charge < -0.3 is 4.90 Å². The molecule has 0 saturated carbocycles. The number of piperazine rings is 1. The molecule has 0 unspecified atom stereocenters. The predicted octanol–water partition coefficient (Wildman–Crippen LogP) is 3.37. The van der Waals surface area contributed by atoms with Crippen molar-refractivity contribution in [3.05, 3.63) is 70.5 Å². The van der Waals surface area contributed by atoms with Gasteiger partial charge in [-0.25, -0.2) is 4.39 Å². The number of carbonyl (C=O) groups is 1. The second-order valence-electron chi connectivity index (χ2n) is 6.02. The van der Waals surface area contributed by atoms with E-state index < -0.39 is 0 Å². The van der Waals surface area contributed by atoms with Crippen LogP contribution < -0.4 is 0 Å². The highest BCUT2D eigenvalue weighted by atomic mass is 35.5. The monoisotopic (exact) mass is 346 g/mol. The number of hydrogen-bond acceptors (Lipinski definition) is 2. The van der Waals surface area contributed by atoms with Crippen molar-refractivity contribution in [1.29, 1.82) is 0 Å². The topological polar surface area (TPSA) is 23.6 Å². The molecule has 3 nitrogen and oxygen atoms in total. The van der Waals surface area contributed by atoms with Gasteiger partial charge in [0.15, 0.2) is 0 Å². The molecule has 2 aromatic rings. The van der Waals surface area contributed by atoms with Crippen LogP contribution in [0.5, 0.6) is 0 Å². The van der Waals surface area contributed by atoms with Crippen LogP contribution in [0.1, 0.15) is 11.1 Å². The molecule has 0 aromatic heterocycles. The van der Waals surface area contributed by atoms with E-state index >= 15 is 0 Å². The summed E-state index contributed by atoms with van der Waals surface area (Å²) in [6.45, 7) is 3.72. The summed E-state index contributed by atoms with van der Waals surface area (Å²) in [5.41, 5.74) is 1.56. The molecule has 126 valence electrons. The van der Waals surface area contributed by atoms with E-state index in [9.17, 15) is 9.18 Å². The first-order valence-electron chi connectivity index (χ1n) is 8.10. The Morgan fingerprint density at radius 2 is 1.58 bits per heavy atom. The molecule has 1 aliphatic heterocycles. The van der Waals surface area contributed by atoms with Crippen LogP contribution in [-0.4, -0.2) is 41.9 Å². The van der Waals surface area contributed by atoms with E-state index in [2.05, 4.69) is 4.90 Å². The van der Waals surface area contributed by atoms with E-state index in [0.717, 1.165) is 30.2 Å². The number of amides is 1. The van der Waals surface area contributed by atoms with Crippen molar-refractivity contribution in [3.63, 3.8) is 0 Å². The van der Waals surface area contributed by atoms with Crippen LogP contribution >= 0.6 is 11.6 Å². The molecule has 1 amide bonds. The quantitative estimate of drug-likeness (QED) is 0.847. The van der Waals surface area contributed by atoms with Gasteiger partial charge in [0.05, 0.1) is 6.42 Å². The van der Waals surface area contributed by atoms with E-state index in [4.69, 9.17) is 11.6 Å². The first-order chi connectivity index (χ1) is 11.6. The van der Waals surface area contributed by atoms with Crippen LogP contribution in [0.3, 0.4) is 0 Å². The Balaban J connectivity index is 1.52. The minimum absolute atomic E-state index is 0.0162. The van der Waals surface area contributed by atoms with Gasteiger partial charge in [0, 0.05) is 37.7 Å². The van der Waals surface area contributed by atoms with Crippen LogP contribution in [0.25, 0.3) is 0 Å². The molecule has 5 heteroatoms. The van der Waals surface area contributed by atoms with Crippen LogP contribution in [0, 0.1) is 5.82 Å². The number of benzene rings is 2. The molecule has 0 atom stereocenters. The van der Waals surface area contributed by atoms with Crippen molar-refractivity contribution in [1.82, 2.24) is 9.80 Å². The third kappa shape index (κ3) is 4.13. The maximum atomic E-state index is 13.7. The summed E-state index contributed by atoms with van der Waals surface area (Å²) >= 11 is 6.20. The van der Waals surface area contributed by atoms with Gasteiger partial charge in [0.2, 0.25) is 5.91 Å². The second kappa shape index (κ2) is 7.77. The molecule has 0 radical (unpaired) electrons. The molecule has 0 N–H and O–H groups in total. The maximum absolute atomic E-state index is 13.7. The molecule has 0 spiro atoms. The SMILES string of the molecule is O=C(Cc1ccccc1F)N1CCN(Cc2ccccc2Cl)CC1. The normalized spacial score (nSPS) is 15.5.